The predicted molar refractivity (Wildman–Crippen MR) is 100 cm³/mol. The van der Waals surface area contributed by atoms with E-state index in [4.69, 9.17) is 0 Å². The molecule has 0 bridgehead atoms. The van der Waals surface area contributed by atoms with Crippen LogP contribution in [-0.4, -0.2) is 28.2 Å². The summed E-state index contributed by atoms with van der Waals surface area (Å²) in [4.78, 5) is 33.3. The summed E-state index contributed by atoms with van der Waals surface area (Å²) in [7, 11) is 0. The summed E-state index contributed by atoms with van der Waals surface area (Å²) in [6.45, 7) is 1.38. The van der Waals surface area contributed by atoms with Crippen molar-refractivity contribution in [1.29, 1.82) is 0 Å². The molecule has 1 aliphatic carbocycles. The third-order valence-electron chi connectivity index (χ3n) is 4.96. The molecular weight excluding hydrogens is 354 g/mol. The lowest BCUT2D eigenvalue weighted by Gasteiger charge is -2.31. The first-order chi connectivity index (χ1) is 12.2. The number of nitrogens with zero attached hydrogens (tertiary/aromatic N) is 2. The molecule has 7 heteroatoms. The first-order valence-corrected chi connectivity index (χ1v) is 10.5. The topological polar surface area (TPSA) is 62.3 Å². The minimum Gasteiger partial charge on any atom is -0.337 e. The summed E-state index contributed by atoms with van der Waals surface area (Å²) >= 11 is 2.91. The standard InChI is InChI=1S/C18H21N3O2S2/c22-16(14-7-4-10-24-14)20-18-19-13-8-9-21(11-15(13)25-18)17(23)12-5-2-1-3-6-12/h4,7,10,12H,1-3,5-6,8-9,11H2,(H,19,20,22). The maximum atomic E-state index is 12.7. The Kier molecular flexibility index (Phi) is 4.85. The fourth-order valence-corrected chi connectivity index (χ4v) is 5.25. The zero-order valence-electron chi connectivity index (χ0n) is 14.0. The van der Waals surface area contributed by atoms with E-state index < -0.39 is 0 Å². The number of hydrogen-bond acceptors (Lipinski definition) is 5. The van der Waals surface area contributed by atoms with Crippen LogP contribution in [0.1, 0.15) is 52.3 Å². The highest BCUT2D eigenvalue weighted by molar-refractivity contribution is 7.16. The van der Waals surface area contributed by atoms with Gasteiger partial charge in [0.15, 0.2) is 5.13 Å². The van der Waals surface area contributed by atoms with Gasteiger partial charge in [0.2, 0.25) is 5.91 Å². The zero-order chi connectivity index (χ0) is 17.2. The molecule has 1 saturated carbocycles. The largest absolute Gasteiger partial charge is 0.337 e. The number of fused-ring (bicyclic) bond motifs is 1. The third kappa shape index (κ3) is 3.62. The van der Waals surface area contributed by atoms with Crippen molar-refractivity contribution in [2.24, 2.45) is 5.92 Å². The maximum absolute atomic E-state index is 12.7. The van der Waals surface area contributed by atoms with Crippen molar-refractivity contribution < 1.29 is 9.59 Å². The lowest BCUT2D eigenvalue weighted by molar-refractivity contribution is -0.137. The molecular formula is C18H21N3O2S2. The van der Waals surface area contributed by atoms with Crippen molar-refractivity contribution in [1.82, 2.24) is 9.88 Å². The SMILES string of the molecule is O=C(Nc1nc2c(s1)CN(C(=O)C1CCCCC1)CC2)c1cccs1. The highest BCUT2D eigenvalue weighted by Gasteiger charge is 2.30. The molecule has 25 heavy (non-hydrogen) atoms. The first-order valence-electron chi connectivity index (χ1n) is 8.83. The Morgan fingerprint density at radius 1 is 1.24 bits per heavy atom. The van der Waals surface area contributed by atoms with E-state index in [0.29, 0.717) is 22.5 Å². The van der Waals surface area contributed by atoms with Gasteiger partial charge in [-0.1, -0.05) is 36.7 Å². The second kappa shape index (κ2) is 7.25. The zero-order valence-corrected chi connectivity index (χ0v) is 15.6. The van der Waals surface area contributed by atoms with Crippen LogP contribution in [0.3, 0.4) is 0 Å². The van der Waals surface area contributed by atoms with Gasteiger partial charge in [-0.2, -0.15) is 0 Å². The van der Waals surface area contributed by atoms with Crippen LogP contribution in [0.15, 0.2) is 17.5 Å². The van der Waals surface area contributed by atoms with Crippen molar-refractivity contribution in [3.63, 3.8) is 0 Å². The van der Waals surface area contributed by atoms with Crippen LogP contribution in [-0.2, 0) is 17.8 Å². The molecule has 4 rings (SSSR count). The number of thiazole rings is 1. The molecule has 2 aromatic rings. The molecule has 0 saturated heterocycles. The van der Waals surface area contributed by atoms with Crippen LogP contribution in [0.2, 0.25) is 0 Å². The molecule has 3 heterocycles. The van der Waals surface area contributed by atoms with Gasteiger partial charge in [0.05, 0.1) is 17.1 Å². The van der Waals surface area contributed by atoms with Gasteiger partial charge in [-0.25, -0.2) is 4.98 Å². The first kappa shape index (κ1) is 16.7. The van der Waals surface area contributed by atoms with Crippen molar-refractivity contribution in [3.05, 3.63) is 33.0 Å². The number of thiophene rings is 1. The molecule has 0 aromatic carbocycles. The highest BCUT2D eigenvalue weighted by Crippen LogP contribution is 2.31. The Morgan fingerprint density at radius 2 is 2.08 bits per heavy atom. The molecule has 1 N–H and O–H groups in total. The van der Waals surface area contributed by atoms with E-state index in [1.54, 1.807) is 6.07 Å². The smallest absolute Gasteiger partial charge is 0.267 e. The van der Waals surface area contributed by atoms with E-state index in [1.807, 2.05) is 16.3 Å². The van der Waals surface area contributed by atoms with Crippen molar-refractivity contribution >= 4 is 39.6 Å². The van der Waals surface area contributed by atoms with Gasteiger partial charge in [0.1, 0.15) is 0 Å². The molecule has 0 radical (unpaired) electrons. The number of aromatic nitrogens is 1. The van der Waals surface area contributed by atoms with Crippen LogP contribution in [0, 0.1) is 5.92 Å². The number of rotatable bonds is 3. The van der Waals surface area contributed by atoms with Crippen LogP contribution in [0.4, 0.5) is 5.13 Å². The van der Waals surface area contributed by atoms with Crippen molar-refractivity contribution in [2.45, 2.75) is 45.1 Å². The van der Waals surface area contributed by atoms with E-state index in [1.165, 1.54) is 41.9 Å². The third-order valence-corrected chi connectivity index (χ3v) is 6.83. The molecule has 0 unspecified atom stereocenters. The molecule has 0 atom stereocenters. The molecule has 1 fully saturated rings. The summed E-state index contributed by atoms with van der Waals surface area (Å²) in [5, 5.41) is 5.40. The highest BCUT2D eigenvalue weighted by atomic mass is 32.1. The number of anilines is 1. The average molecular weight is 376 g/mol. The molecule has 132 valence electrons. The summed E-state index contributed by atoms with van der Waals surface area (Å²) in [6.07, 6.45) is 6.46. The van der Waals surface area contributed by atoms with Gasteiger partial charge in [-0.3, -0.25) is 14.9 Å². The lowest BCUT2D eigenvalue weighted by atomic mass is 9.88. The Balaban J connectivity index is 1.42. The van der Waals surface area contributed by atoms with Crippen LogP contribution >= 0.6 is 22.7 Å². The molecule has 2 aromatic heterocycles. The van der Waals surface area contributed by atoms with E-state index in [0.717, 1.165) is 36.4 Å². The van der Waals surface area contributed by atoms with E-state index in [9.17, 15) is 9.59 Å². The molecule has 5 nitrogen and oxygen atoms in total. The summed E-state index contributed by atoms with van der Waals surface area (Å²) < 4.78 is 0. The molecule has 0 spiro atoms. The minimum absolute atomic E-state index is 0.115. The maximum Gasteiger partial charge on any atom is 0.267 e. The van der Waals surface area contributed by atoms with Gasteiger partial charge in [-0.05, 0) is 24.3 Å². The number of hydrogen-bond donors (Lipinski definition) is 1. The second-order valence-electron chi connectivity index (χ2n) is 6.67. The van der Waals surface area contributed by atoms with Crippen molar-refractivity contribution in [2.75, 3.05) is 11.9 Å². The molecule has 2 amide bonds. The quantitative estimate of drug-likeness (QED) is 0.884. The summed E-state index contributed by atoms with van der Waals surface area (Å²) in [6, 6.07) is 3.67. The van der Waals surface area contributed by atoms with Gasteiger partial charge >= 0.3 is 0 Å². The molecule has 2 aliphatic rings. The van der Waals surface area contributed by atoms with Gasteiger partial charge < -0.3 is 4.90 Å². The predicted octanol–water partition coefficient (Wildman–Crippen LogP) is 3.92. The van der Waals surface area contributed by atoms with E-state index >= 15 is 0 Å². The normalized spacial score (nSPS) is 18.0. The Hall–Kier alpha value is -1.73. The molecule has 1 aliphatic heterocycles. The van der Waals surface area contributed by atoms with Crippen LogP contribution in [0.5, 0.6) is 0 Å². The second-order valence-corrected chi connectivity index (χ2v) is 8.70. The number of carbonyl (C=O) groups is 2. The van der Waals surface area contributed by atoms with Crippen molar-refractivity contribution in [3.8, 4) is 0 Å². The van der Waals surface area contributed by atoms with E-state index in [-0.39, 0.29) is 11.8 Å². The van der Waals surface area contributed by atoms with Gasteiger partial charge in [-0.15, -0.1) is 11.3 Å². The monoisotopic (exact) mass is 375 g/mol. The fraction of sp³-hybridized carbons (Fsp3) is 0.500. The number of amides is 2. The van der Waals surface area contributed by atoms with Gasteiger partial charge in [0, 0.05) is 23.8 Å². The number of carbonyl (C=O) groups excluding carboxylic acids is 2. The summed E-state index contributed by atoms with van der Waals surface area (Å²) in [5.74, 6) is 0.403. The Morgan fingerprint density at radius 3 is 2.84 bits per heavy atom. The van der Waals surface area contributed by atoms with Gasteiger partial charge in [0.25, 0.3) is 5.91 Å². The average Bonchev–Trinajstić information content (AvgIpc) is 3.30. The van der Waals surface area contributed by atoms with Crippen LogP contribution < -0.4 is 5.32 Å². The number of nitrogens with one attached hydrogen (secondary N) is 1. The Bertz CT molecular complexity index is 763. The lowest BCUT2D eigenvalue weighted by Crippen LogP contribution is -2.40. The minimum atomic E-state index is -0.115. The Labute approximate surface area is 155 Å². The van der Waals surface area contributed by atoms with Crippen LogP contribution in [0.25, 0.3) is 0 Å². The summed E-state index contributed by atoms with van der Waals surface area (Å²) in [5.41, 5.74) is 1.03. The van der Waals surface area contributed by atoms with E-state index in [2.05, 4.69) is 10.3 Å². The fourth-order valence-electron chi connectivity index (χ4n) is 3.61.